The molecule has 0 unspecified atom stereocenters. The number of ether oxygens (including phenoxy) is 2. The van der Waals surface area contributed by atoms with Crippen molar-refractivity contribution in [2.75, 3.05) is 25.3 Å². The average molecular weight is 403 g/mol. The van der Waals surface area contributed by atoms with E-state index in [0.717, 1.165) is 17.0 Å². The van der Waals surface area contributed by atoms with Crippen LogP contribution < -0.4 is 5.32 Å². The molecule has 0 atom stereocenters. The van der Waals surface area contributed by atoms with Gasteiger partial charge >= 0.3 is 11.9 Å². The fourth-order valence-corrected chi connectivity index (χ4v) is 3.04. The molecule has 9 heteroatoms. The molecule has 1 aromatic carbocycles. The Morgan fingerprint density at radius 2 is 1.61 bits per heavy atom. The molecule has 28 heavy (non-hydrogen) atoms. The van der Waals surface area contributed by atoms with E-state index in [2.05, 4.69) is 20.0 Å². The van der Waals surface area contributed by atoms with Crippen molar-refractivity contribution in [2.45, 2.75) is 25.9 Å². The van der Waals surface area contributed by atoms with Crippen molar-refractivity contribution in [3.63, 3.8) is 0 Å². The van der Waals surface area contributed by atoms with E-state index in [0.29, 0.717) is 5.16 Å². The maximum Gasteiger partial charge on any atom is 0.339 e. The molecule has 0 saturated carbocycles. The van der Waals surface area contributed by atoms with Crippen LogP contribution in [0.4, 0.5) is 5.69 Å². The van der Waals surface area contributed by atoms with Crippen molar-refractivity contribution < 1.29 is 23.9 Å². The van der Waals surface area contributed by atoms with Crippen LogP contribution in [0.3, 0.4) is 0 Å². The molecule has 148 valence electrons. The van der Waals surface area contributed by atoms with Crippen LogP contribution in [0.2, 0.25) is 0 Å². The van der Waals surface area contributed by atoms with Gasteiger partial charge in [-0.3, -0.25) is 4.79 Å². The summed E-state index contributed by atoms with van der Waals surface area (Å²) in [6, 6.07) is 4.20. The number of aromatic nitrogens is 2. The second kappa shape index (κ2) is 9.32. The van der Waals surface area contributed by atoms with Gasteiger partial charge in [-0.15, -0.1) is 0 Å². The Hall–Kier alpha value is -2.94. The number of benzene rings is 1. The zero-order valence-electron chi connectivity index (χ0n) is 16.3. The number of esters is 2. The van der Waals surface area contributed by atoms with Gasteiger partial charge in [0, 0.05) is 11.4 Å². The van der Waals surface area contributed by atoms with Crippen LogP contribution in [0.1, 0.15) is 37.7 Å². The highest BCUT2D eigenvalue weighted by Crippen LogP contribution is 2.21. The normalized spacial score (nSPS) is 10.3. The van der Waals surface area contributed by atoms with E-state index in [1.807, 2.05) is 20.8 Å². The van der Waals surface area contributed by atoms with E-state index in [9.17, 15) is 14.4 Å². The van der Waals surface area contributed by atoms with Gasteiger partial charge in [0.1, 0.15) is 0 Å². The Morgan fingerprint density at radius 1 is 1.00 bits per heavy atom. The zero-order chi connectivity index (χ0) is 20.8. The van der Waals surface area contributed by atoms with Gasteiger partial charge in [-0.25, -0.2) is 19.6 Å². The van der Waals surface area contributed by atoms with Crippen LogP contribution in [-0.2, 0) is 14.3 Å². The molecule has 8 nitrogen and oxygen atoms in total. The van der Waals surface area contributed by atoms with Crippen molar-refractivity contribution in [2.24, 2.45) is 0 Å². The number of nitrogens with zero attached hydrogens (tertiary/aromatic N) is 2. The smallest absolute Gasteiger partial charge is 0.339 e. The summed E-state index contributed by atoms with van der Waals surface area (Å²) >= 11 is 1.18. The average Bonchev–Trinajstić information content (AvgIpc) is 2.69. The van der Waals surface area contributed by atoms with Crippen LogP contribution in [-0.4, -0.2) is 47.8 Å². The number of carbonyl (C=O) groups excluding carboxylic acids is 3. The van der Waals surface area contributed by atoms with E-state index >= 15 is 0 Å². The van der Waals surface area contributed by atoms with Gasteiger partial charge < -0.3 is 14.8 Å². The molecule has 2 rings (SSSR count). The van der Waals surface area contributed by atoms with E-state index < -0.39 is 11.9 Å². The van der Waals surface area contributed by atoms with Gasteiger partial charge in [-0.2, -0.15) is 0 Å². The number of amides is 1. The predicted octanol–water partition coefficient (Wildman–Crippen LogP) is 2.71. The monoisotopic (exact) mass is 403 g/mol. The predicted molar refractivity (Wildman–Crippen MR) is 105 cm³/mol. The minimum absolute atomic E-state index is 0.0327. The van der Waals surface area contributed by atoms with E-state index in [4.69, 9.17) is 4.74 Å². The van der Waals surface area contributed by atoms with E-state index in [1.165, 1.54) is 44.2 Å². The number of thioether (sulfide) groups is 1. The fraction of sp³-hybridized carbons (Fsp3) is 0.316. The molecule has 0 bridgehead atoms. The first-order chi connectivity index (χ1) is 13.3. The highest BCUT2D eigenvalue weighted by molar-refractivity contribution is 7.99. The summed E-state index contributed by atoms with van der Waals surface area (Å²) in [5.74, 6) is -1.56. The Bertz CT molecular complexity index is 907. The number of anilines is 1. The van der Waals surface area contributed by atoms with Gasteiger partial charge in [0.05, 0.1) is 36.8 Å². The molecular formula is C19H21N3O5S. The Kier molecular flexibility index (Phi) is 7.11. The van der Waals surface area contributed by atoms with Crippen molar-refractivity contribution >= 4 is 35.3 Å². The molecule has 0 radical (unpaired) electrons. The maximum absolute atomic E-state index is 12.4. The second-order valence-electron chi connectivity index (χ2n) is 5.88. The SMILES string of the molecule is COC(=O)c1ccc(C(=O)OC)c(NC(=O)CSc2nc(C)c(C)c(C)n2)c1. The Morgan fingerprint density at radius 3 is 2.18 bits per heavy atom. The van der Waals surface area contributed by atoms with Crippen molar-refractivity contribution in [1.29, 1.82) is 0 Å². The van der Waals surface area contributed by atoms with Crippen molar-refractivity contribution in [3.05, 3.63) is 46.3 Å². The number of hydrogen-bond donors (Lipinski definition) is 1. The standard InChI is InChI=1S/C19H21N3O5S/c1-10-11(2)20-19(21-12(10)3)28-9-16(23)22-15-8-13(17(24)26-4)6-7-14(15)18(25)27-5/h6-8H,9H2,1-5H3,(H,22,23). The third kappa shape index (κ3) is 5.07. The number of hydrogen-bond acceptors (Lipinski definition) is 8. The van der Waals surface area contributed by atoms with Gasteiger partial charge in [0.15, 0.2) is 5.16 Å². The third-order valence-corrected chi connectivity index (χ3v) is 4.91. The Balaban J connectivity index is 2.17. The number of aryl methyl sites for hydroxylation is 2. The molecule has 1 aromatic heterocycles. The summed E-state index contributed by atoms with van der Waals surface area (Å²) in [5.41, 5.74) is 3.22. The molecule has 0 aliphatic heterocycles. The highest BCUT2D eigenvalue weighted by atomic mass is 32.2. The summed E-state index contributed by atoms with van der Waals surface area (Å²) in [7, 11) is 2.48. The molecule has 0 spiro atoms. The van der Waals surface area contributed by atoms with Crippen LogP contribution in [0, 0.1) is 20.8 Å². The molecule has 1 heterocycles. The summed E-state index contributed by atoms with van der Waals surface area (Å²) in [6.45, 7) is 5.71. The van der Waals surface area contributed by atoms with E-state index in [-0.39, 0.29) is 28.5 Å². The van der Waals surface area contributed by atoms with Crippen molar-refractivity contribution in [1.82, 2.24) is 9.97 Å². The molecule has 1 amide bonds. The van der Waals surface area contributed by atoms with Crippen LogP contribution in [0.5, 0.6) is 0 Å². The van der Waals surface area contributed by atoms with Gasteiger partial charge in [-0.1, -0.05) is 11.8 Å². The summed E-state index contributed by atoms with van der Waals surface area (Å²) < 4.78 is 9.39. The van der Waals surface area contributed by atoms with Crippen molar-refractivity contribution in [3.8, 4) is 0 Å². The first-order valence-electron chi connectivity index (χ1n) is 8.32. The van der Waals surface area contributed by atoms with Gasteiger partial charge in [0.25, 0.3) is 0 Å². The molecule has 0 saturated heterocycles. The lowest BCUT2D eigenvalue weighted by Crippen LogP contribution is -2.18. The van der Waals surface area contributed by atoms with Crippen LogP contribution in [0.25, 0.3) is 0 Å². The summed E-state index contributed by atoms with van der Waals surface area (Å²) in [6.07, 6.45) is 0. The molecule has 0 aliphatic carbocycles. The van der Waals surface area contributed by atoms with Gasteiger partial charge in [-0.05, 0) is 44.5 Å². The molecule has 1 N–H and O–H groups in total. The summed E-state index contributed by atoms with van der Waals surface area (Å²) in [5, 5.41) is 3.12. The maximum atomic E-state index is 12.4. The first-order valence-corrected chi connectivity index (χ1v) is 9.30. The molecule has 0 aliphatic rings. The quantitative estimate of drug-likeness (QED) is 0.446. The summed E-state index contributed by atoms with van der Waals surface area (Å²) in [4.78, 5) is 44.8. The topological polar surface area (TPSA) is 107 Å². The number of methoxy groups -OCH3 is 2. The fourth-order valence-electron chi connectivity index (χ4n) is 2.30. The Labute approximate surface area is 167 Å². The van der Waals surface area contributed by atoms with Crippen LogP contribution >= 0.6 is 11.8 Å². The number of rotatable bonds is 6. The third-order valence-electron chi connectivity index (χ3n) is 4.06. The molecule has 0 fully saturated rings. The van der Waals surface area contributed by atoms with Crippen LogP contribution in [0.15, 0.2) is 23.4 Å². The van der Waals surface area contributed by atoms with Gasteiger partial charge in [0.2, 0.25) is 5.91 Å². The second-order valence-corrected chi connectivity index (χ2v) is 6.82. The minimum Gasteiger partial charge on any atom is -0.465 e. The van der Waals surface area contributed by atoms with E-state index in [1.54, 1.807) is 0 Å². The number of nitrogens with one attached hydrogen (secondary N) is 1. The zero-order valence-corrected chi connectivity index (χ0v) is 17.1. The number of carbonyl (C=O) groups is 3. The lowest BCUT2D eigenvalue weighted by molar-refractivity contribution is -0.113. The molecule has 2 aromatic rings. The largest absolute Gasteiger partial charge is 0.465 e. The lowest BCUT2D eigenvalue weighted by Gasteiger charge is -2.11. The minimum atomic E-state index is -0.632. The lowest BCUT2D eigenvalue weighted by atomic mass is 10.1. The molecular weight excluding hydrogens is 382 g/mol. The first kappa shape index (κ1) is 21.4. The highest BCUT2D eigenvalue weighted by Gasteiger charge is 2.18.